The number of nitrogens with one attached hydrogen (secondary N) is 2. The molecule has 0 atom stereocenters. The highest BCUT2D eigenvalue weighted by Gasteiger charge is 2.03. The third kappa shape index (κ3) is 3.71. The van der Waals surface area contributed by atoms with Gasteiger partial charge >= 0.3 is 0 Å². The van der Waals surface area contributed by atoms with Crippen LogP contribution in [0.15, 0.2) is 23.0 Å². The molecule has 6 nitrogen and oxygen atoms in total. The predicted octanol–water partition coefficient (Wildman–Crippen LogP) is 1.26. The van der Waals surface area contributed by atoms with E-state index in [0.29, 0.717) is 22.5 Å². The minimum atomic E-state index is -0.168. The van der Waals surface area contributed by atoms with E-state index in [0.717, 1.165) is 25.9 Å². The van der Waals surface area contributed by atoms with Crippen LogP contribution in [0.4, 0.5) is 11.6 Å². The van der Waals surface area contributed by atoms with Crippen molar-refractivity contribution >= 4 is 22.5 Å². The van der Waals surface area contributed by atoms with Gasteiger partial charge in [0.25, 0.3) is 5.56 Å². The fourth-order valence-corrected chi connectivity index (χ4v) is 2.00. The number of nitrogen functional groups attached to an aromatic ring is 1. The van der Waals surface area contributed by atoms with Crippen molar-refractivity contribution in [3.05, 3.63) is 28.6 Å². The Hall–Kier alpha value is -2.08. The summed E-state index contributed by atoms with van der Waals surface area (Å²) in [5.41, 5.74) is 6.72. The zero-order valence-corrected chi connectivity index (χ0v) is 11.9. The van der Waals surface area contributed by atoms with E-state index >= 15 is 0 Å². The first-order valence-corrected chi connectivity index (χ1v) is 6.74. The lowest BCUT2D eigenvalue weighted by Crippen LogP contribution is -2.16. The quantitative estimate of drug-likeness (QED) is 0.546. The van der Waals surface area contributed by atoms with Gasteiger partial charge in [-0.1, -0.05) is 0 Å². The van der Waals surface area contributed by atoms with E-state index in [1.807, 2.05) is 0 Å². The average molecular weight is 275 g/mol. The Kier molecular flexibility index (Phi) is 4.57. The molecule has 0 unspecified atom stereocenters. The van der Waals surface area contributed by atoms with Gasteiger partial charge in [0, 0.05) is 12.2 Å². The molecule has 0 aliphatic carbocycles. The summed E-state index contributed by atoms with van der Waals surface area (Å²) in [6.45, 7) is 1.85. The van der Waals surface area contributed by atoms with Crippen molar-refractivity contribution in [3.8, 4) is 0 Å². The number of fused-ring (bicyclic) bond motifs is 1. The summed E-state index contributed by atoms with van der Waals surface area (Å²) >= 11 is 0. The molecule has 0 aliphatic heterocycles. The summed E-state index contributed by atoms with van der Waals surface area (Å²) in [5, 5.41) is 3.67. The lowest BCUT2D eigenvalue weighted by atomic mass is 10.2. The van der Waals surface area contributed by atoms with Crippen LogP contribution in [0.25, 0.3) is 10.9 Å². The highest BCUT2D eigenvalue weighted by Crippen LogP contribution is 2.12. The Balaban J connectivity index is 2.01. The molecule has 0 fully saturated rings. The molecule has 4 N–H and O–H groups in total. The number of nitrogens with two attached hydrogens (primary N) is 1. The molecule has 2 rings (SSSR count). The molecule has 108 valence electrons. The number of aromatic amines is 1. The molecule has 1 aromatic heterocycles. The first kappa shape index (κ1) is 14.3. The second kappa shape index (κ2) is 6.38. The van der Waals surface area contributed by atoms with Crippen LogP contribution in [0.5, 0.6) is 0 Å². The SMILES string of the molecule is CN(C)CCCCNc1nc2ccc(N)cc2c(=O)[nH]1. The lowest BCUT2D eigenvalue weighted by molar-refractivity contribution is 0.396. The van der Waals surface area contributed by atoms with Crippen LogP contribution >= 0.6 is 0 Å². The molecule has 0 radical (unpaired) electrons. The van der Waals surface area contributed by atoms with Crippen LogP contribution in [0.3, 0.4) is 0 Å². The molecule has 0 saturated carbocycles. The molecule has 1 heterocycles. The molecule has 1 aromatic carbocycles. The number of H-pyrrole nitrogens is 1. The van der Waals surface area contributed by atoms with Crippen LogP contribution in [-0.4, -0.2) is 42.1 Å². The van der Waals surface area contributed by atoms with Gasteiger partial charge in [0.15, 0.2) is 0 Å². The van der Waals surface area contributed by atoms with E-state index in [4.69, 9.17) is 5.73 Å². The molecule has 0 saturated heterocycles. The van der Waals surface area contributed by atoms with E-state index < -0.39 is 0 Å². The highest BCUT2D eigenvalue weighted by atomic mass is 16.1. The number of aromatic nitrogens is 2. The second-order valence-electron chi connectivity index (χ2n) is 5.13. The maximum absolute atomic E-state index is 11.9. The van der Waals surface area contributed by atoms with Crippen molar-refractivity contribution in [2.75, 3.05) is 38.2 Å². The smallest absolute Gasteiger partial charge is 0.260 e. The van der Waals surface area contributed by atoms with Gasteiger partial charge in [0.05, 0.1) is 10.9 Å². The summed E-state index contributed by atoms with van der Waals surface area (Å²) in [7, 11) is 4.11. The average Bonchev–Trinajstić information content (AvgIpc) is 2.39. The Labute approximate surface area is 118 Å². The Bertz CT molecular complexity index is 635. The minimum absolute atomic E-state index is 0.168. The minimum Gasteiger partial charge on any atom is -0.399 e. The van der Waals surface area contributed by atoms with Crippen LogP contribution in [0.2, 0.25) is 0 Å². The van der Waals surface area contributed by atoms with Crippen molar-refractivity contribution < 1.29 is 0 Å². The van der Waals surface area contributed by atoms with Crippen molar-refractivity contribution in [2.45, 2.75) is 12.8 Å². The largest absolute Gasteiger partial charge is 0.399 e. The van der Waals surface area contributed by atoms with Gasteiger partial charge in [-0.2, -0.15) is 0 Å². The molecular weight excluding hydrogens is 254 g/mol. The molecule has 0 bridgehead atoms. The normalized spacial score (nSPS) is 11.2. The summed E-state index contributed by atoms with van der Waals surface area (Å²) in [6.07, 6.45) is 2.13. The molecule has 0 amide bonds. The summed E-state index contributed by atoms with van der Waals surface area (Å²) in [6, 6.07) is 5.15. The Morgan fingerprint density at radius 3 is 2.90 bits per heavy atom. The topological polar surface area (TPSA) is 87.0 Å². The third-order valence-electron chi connectivity index (χ3n) is 3.05. The van der Waals surface area contributed by atoms with E-state index in [1.54, 1.807) is 18.2 Å². The first-order valence-electron chi connectivity index (χ1n) is 6.74. The van der Waals surface area contributed by atoms with E-state index in [-0.39, 0.29) is 5.56 Å². The van der Waals surface area contributed by atoms with E-state index in [9.17, 15) is 4.79 Å². The molecule has 20 heavy (non-hydrogen) atoms. The van der Waals surface area contributed by atoms with Crippen LogP contribution in [0, 0.1) is 0 Å². The molecule has 2 aromatic rings. The highest BCUT2D eigenvalue weighted by molar-refractivity contribution is 5.81. The predicted molar refractivity (Wildman–Crippen MR) is 83.1 cm³/mol. The first-order chi connectivity index (χ1) is 9.56. The zero-order valence-electron chi connectivity index (χ0n) is 11.9. The van der Waals surface area contributed by atoms with Crippen molar-refractivity contribution in [2.24, 2.45) is 0 Å². The van der Waals surface area contributed by atoms with Gasteiger partial charge in [0.1, 0.15) is 0 Å². The number of hydrogen-bond donors (Lipinski definition) is 3. The van der Waals surface area contributed by atoms with E-state index in [1.165, 1.54) is 0 Å². The number of benzene rings is 1. The van der Waals surface area contributed by atoms with Crippen molar-refractivity contribution in [1.82, 2.24) is 14.9 Å². The van der Waals surface area contributed by atoms with Crippen LogP contribution in [0.1, 0.15) is 12.8 Å². The maximum Gasteiger partial charge on any atom is 0.260 e. The number of hydrogen-bond acceptors (Lipinski definition) is 5. The van der Waals surface area contributed by atoms with Gasteiger partial charge < -0.3 is 16.0 Å². The van der Waals surface area contributed by atoms with Crippen LogP contribution < -0.4 is 16.6 Å². The fraction of sp³-hybridized carbons (Fsp3) is 0.429. The van der Waals surface area contributed by atoms with Gasteiger partial charge in [0.2, 0.25) is 5.95 Å². The molecule has 0 spiro atoms. The van der Waals surface area contributed by atoms with Crippen molar-refractivity contribution in [3.63, 3.8) is 0 Å². The number of anilines is 2. The molecule has 6 heteroatoms. The van der Waals surface area contributed by atoms with Gasteiger partial charge in [-0.25, -0.2) is 4.98 Å². The Morgan fingerprint density at radius 1 is 1.35 bits per heavy atom. The summed E-state index contributed by atoms with van der Waals surface area (Å²) in [4.78, 5) is 21.2. The van der Waals surface area contributed by atoms with Crippen LogP contribution in [-0.2, 0) is 0 Å². The van der Waals surface area contributed by atoms with Gasteiger partial charge in [-0.05, 0) is 51.7 Å². The number of rotatable bonds is 6. The number of nitrogens with zero attached hydrogens (tertiary/aromatic N) is 2. The molecule has 0 aliphatic rings. The summed E-state index contributed by atoms with van der Waals surface area (Å²) in [5.74, 6) is 0.511. The third-order valence-corrected chi connectivity index (χ3v) is 3.05. The monoisotopic (exact) mass is 275 g/mol. The van der Waals surface area contributed by atoms with Crippen molar-refractivity contribution in [1.29, 1.82) is 0 Å². The lowest BCUT2D eigenvalue weighted by Gasteiger charge is -2.10. The Morgan fingerprint density at radius 2 is 2.15 bits per heavy atom. The fourth-order valence-electron chi connectivity index (χ4n) is 2.00. The van der Waals surface area contributed by atoms with Gasteiger partial charge in [-0.15, -0.1) is 0 Å². The maximum atomic E-state index is 11.9. The number of unbranched alkanes of at least 4 members (excludes halogenated alkanes) is 1. The zero-order chi connectivity index (χ0) is 14.5. The van der Waals surface area contributed by atoms with Gasteiger partial charge in [-0.3, -0.25) is 9.78 Å². The summed E-state index contributed by atoms with van der Waals surface area (Å²) < 4.78 is 0. The standard InChI is InChI=1S/C14H21N5O/c1-19(2)8-4-3-7-16-14-17-12-6-5-10(15)9-11(12)13(20)18-14/h5-6,9H,3-4,7-8,15H2,1-2H3,(H2,16,17,18,20). The second-order valence-corrected chi connectivity index (χ2v) is 5.13. The molecular formula is C14H21N5O. The van der Waals surface area contributed by atoms with E-state index in [2.05, 4.69) is 34.3 Å².